The van der Waals surface area contributed by atoms with Crippen molar-refractivity contribution >= 4 is 22.7 Å². The molecule has 1 aromatic heterocycles. The summed E-state index contributed by atoms with van der Waals surface area (Å²) in [6.07, 6.45) is 0. The number of benzene rings is 1. The molecule has 0 aliphatic carbocycles. The van der Waals surface area contributed by atoms with E-state index in [9.17, 15) is 10.1 Å². The molecule has 0 fully saturated rings. The van der Waals surface area contributed by atoms with Crippen molar-refractivity contribution in [3.8, 4) is 5.75 Å². The zero-order valence-corrected chi connectivity index (χ0v) is 13.0. The largest absolute Gasteiger partial charge is 0.490 e. The molecule has 1 unspecified atom stereocenters. The van der Waals surface area contributed by atoms with Crippen molar-refractivity contribution in [3.63, 3.8) is 0 Å². The molecule has 1 heterocycles. The van der Waals surface area contributed by atoms with Gasteiger partial charge in [-0.05, 0) is 29.5 Å². The minimum atomic E-state index is -0.431. The van der Waals surface area contributed by atoms with E-state index in [0.717, 1.165) is 5.69 Å². The van der Waals surface area contributed by atoms with Gasteiger partial charge in [0, 0.05) is 16.6 Å². The van der Waals surface area contributed by atoms with Gasteiger partial charge in [-0.1, -0.05) is 19.9 Å². The smallest absolute Gasteiger partial charge is 0.312 e. The summed E-state index contributed by atoms with van der Waals surface area (Å²) < 4.78 is 5.02. The Kier molecular flexibility index (Phi) is 4.80. The first-order valence-electron chi connectivity index (χ1n) is 6.65. The molecule has 0 saturated heterocycles. The highest BCUT2D eigenvalue weighted by molar-refractivity contribution is 7.10. The van der Waals surface area contributed by atoms with Crippen LogP contribution in [0.4, 0.5) is 11.4 Å². The highest BCUT2D eigenvalue weighted by atomic mass is 32.1. The van der Waals surface area contributed by atoms with E-state index in [1.807, 2.05) is 11.4 Å². The minimum absolute atomic E-state index is 0.0313. The molecule has 0 radical (unpaired) electrons. The Labute approximate surface area is 127 Å². The van der Waals surface area contributed by atoms with Gasteiger partial charge in [-0.25, -0.2) is 0 Å². The van der Waals surface area contributed by atoms with Gasteiger partial charge in [-0.2, -0.15) is 0 Å². The van der Waals surface area contributed by atoms with Crippen LogP contribution in [0.3, 0.4) is 0 Å². The minimum Gasteiger partial charge on any atom is -0.490 e. The molecular weight excluding hydrogens is 288 g/mol. The molecule has 112 valence electrons. The standard InChI is InChI=1S/C15H18N2O3S/c1-10(2)15(14-5-4-8-21-14)16-11-6-7-13(20-3)12(9-11)17(18)19/h4-10,15-16H,1-3H3. The molecule has 0 bridgehead atoms. The third-order valence-electron chi connectivity index (χ3n) is 3.21. The molecule has 1 atom stereocenters. The fourth-order valence-electron chi connectivity index (χ4n) is 2.14. The molecule has 1 aromatic carbocycles. The van der Waals surface area contributed by atoms with Gasteiger partial charge < -0.3 is 10.1 Å². The van der Waals surface area contributed by atoms with Crippen LogP contribution in [0, 0.1) is 16.0 Å². The average Bonchev–Trinajstić information content (AvgIpc) is 2.97. The summed E-state index contributed by atoms with van der Waals surface area (Å²) in [6.45, 7) is 4.24. The van der Waals surface area contributed by atoms with Crippen LogP contribution in [0.2, 0.25) is 0 Å². The maximum absolute atomic E-state index is 11.1. The number of nitrogens with one attached hydrogen (secondary N) is 1. The van der Waals surface area contributed by atoms with Gasteiger partial charge in [-0.15, -0.1) is 11.3 Å². The number of nitrogens with zero attached hydrogens (tertiary/aromatic N) is 1. The molecular formula is C15H18N2O3S. The van der Waals surface area contributed by atoms with E-state index in [4.69, 9.17) is 4.74 Å². The lowest BCUT2D eigenvalue weighted by molar-refractivity contribution is -0.385. The summed E-state index contributed by atoms with van der Waals surface area (Å²) in [5.74, 6) is 0.632. The number of hydrogen-bond acceptors (Lipinski definition) is 5. The highest BCUT2D eigenvalue weighted by Gasteiger charge is 2.20. The van der Waals surface area contributed by atoms with Gasteiger partial charge in [0.05, 0.1) is 18.1 Å². The van der Waals surface area contributed by atoms with Crippen molar-refractivity contribution in [1.29, 1.82) is 0 Å². The first-order chi connectivity index (χ1) is 10.0. The lowest BCUT2D eigenvalue weighted by atomic mass is 10.0. The third kappa shape index (κ3) is 3.52. The Hall–Kier alpha value is -2.08. The lowest BCUT2D eigenvalue weighted by Crippen LogP contribution is -2.15. The molecule has 21 heavy (non-hydrogen) atoms. The van der Waals surface area contributed by atoms with E-state index < -0.39 is 4.92 Å². The normalized spacial score (nSPS) is 12.2. The summed E-state index contributed by atoms with van der Waals surface area (Å²) in [6, 6.07) is 9.13. The van der Waals surface area contributed by atoms with Crippen LogP contribution in [0.25, 0.3) is 0 Å². The second-order valence-corrected chi connectivity index (χ2v) is 6.00. The van der Waals surface area contributed by atoms with Gasteiger partial charge in [0.15, 0.2) is 5.75 Å². The monoisotopic (exact) mass is 306 g/mol. The molecule has 0 saturated carbocycles. The van der Waals surface area contributed by atoms with E-state index in [0.29, 0.717) is 5.92 Å². The third-order valence-corrected chi connectivity index (χ3v) is 4.17. The zero-order valence-electron chi connectivity index (χ0n) is 12.2. The summed E-state index contributed by atoms with van der Waals surface area (Å²) in [4.78, 5) is 11.9. The van der Waals surface area contributed by atoms with E-state index in [-0.39, 0.29) is 17.5 Å². The van der Waals surface area contributed by atoms with Gasteiger partial charge in [0.2, 0.25) is 0 Å². The maximum atomic E-state index is 11.1. The topological polar surface area (TPSA) is 64.4 Å². The van der Waals surface area contributed by atoms with E-state index in [1.165, 1.54) is 18.1 Å². The second kappa shape index (κ2) is 6.58. The Bertz CT molecular complexity index is 611. The van der Waals surface area contributed by atoms with E-state index in [2.05, 4.69) is 25.2 Å². The van der Waals surface area contributed by atoms with Gasteiger partial charge in [-0.3, -0.25) is 10.1 Å². The number of nitro benzene ring substituents is 1. The summed E-state index contributed by atoms with van der Waals surface area (Å²) in [7, 11) is 1.43. The predicted octanol–water partition coefficient (Wildman–Crippen LogP) is 4.47. The number of anilines is 1. The molecule has 2 rings (SSSR count). The molecule has 1 N–H and O–H groups in total. The Balaban J connectivity index is 2.29. The fourth-order valence-corrected chi connectivity index (χ4v) is 3.09. The van der Waals surface area contributed by atoms with Crippen molar-refractivity contribution in [2.24, 2.45) is 5.92 Å². The van der Waals surface area contributed by atoms with Crippen molar-refractivity contribution in [1.82, 2.24) is 0 Å². The number of methoxy groups -OCH3 is 1. The second-order valence-electron chi connectivity index (χ2n) is 5.03. The SMILES string of the molecule is COc1ccc(NC(c2cccs2)C(C)C)cc1[N+](=O)[O-]. The first-order valence-corrected chi connectivity index (χ1v) is 7.53. The van der Waals surface area contributed by atoms with Gasteiger partial charge in [0.1, 0.15) is 0 Å². The quantitative estimate of drug-likeness (QED) is 0.631. The molecule has 0 spiro atoms. The number of thiophene rings is 1. The zero-order chi connectivity index (χ0) is 15.4. The van der Waals surface area contributed by atoms with Crippen molar-refractivity contribution in [2.45, 2.75) is 19.9 Å². The van der Waals surface area contributed by atoms with Crippen LogP contribution in [0.5, 0.6) is 5.75 Å². The maximum Gasteiger partial charge on any atom is 0.312 e. The molecule has 0 amide bonds. The Morgan fingerprint density at radius 2 is 2.10 bits per heavy atom. The molecule has 2 aromatic rings. The molecule has 6 heteroatoms. The number of rotatable bonds is 6. The number of nitro groups is 1. The number of ether oxygens (including phenoxy) is 1. The average molecular weight is 306 g/mol. The molecule has 0 aliphatic rings. The first kappa shape index (κ1) is 15.3. The van der Waals surface area contributed by atoms with E-state index >= 15 is 0 Å². The van der Waals surface area contributed by atoms with Crippen LogP contribution in [0.15, 0.2) is 35.7 Å². The van der Waals surface area contributed by atoms with Crippen LogP contribution >= 0.6 is 11.3 Å². The van der Waals surface area contributed by atoms with Gasteiger partial charge in [0.25, 0.3) is 0 Å². The lowest BCUT2D eigenvalue weighted by Gasteiger charge is -2.22. The summed E-state index contributed by atoms with van der Waals surface area (Å²) in [5.41, 5.74) is 0.686. The fraction of sp³-hybridized carbons (Fsp3) is 0.333. The molecule has 0 aliphatic heterocycles. The number of hydrogen-bond donors (Lipinski definition) is 1. The highest BCUT2D eigenvalue weighted by Crippen LogP contribution is 2.34. The predicted molar refractivity (Wildman–Crippen MR) is 85.2 cm³/mol. The van der Waals surface area contributed by atoms with Gasteiger partial charge >= 0.3 is 5.69 Å². The summed E-state index contributed by atoms with van der Waals surface area (Å²) in [5, 5.41) is 16.5. The van der Waals surface area contributed by atoms with Crippen LogP contribution in [0.1, 0.15) is 24.8 Å². The van der Waals surface area contributed by atoms with Crippen LogP contribution < -0.4 is 10.1 Å². The van der Waals surface area contributed by atoms with Crippen molar-refractivity contribution in [2.75, 3.05) is 12.4 Å². The molecule has 5 nitrogen and oxygen atoms in total. The Morgan fingerprint density at radius 3 is 2.62 bits per heavy atom. The Morgan fingerprint density at radius 1 is 1.33 bits per heavy atom. The summed E-state index contributed by atoms with van der Waals surface area (Å²) >= 11 is 1.68. The van der Waals surface area contributed by atoms with Crippen LogP contribution in [-0.2, 0) is 0 Å². The van der Waals surface area contributed by atoms with Crippen molar-refractivity contribution < 1.29 is 9.66 Å². The van der Waals surface area contributed by atoms with E-state index in [1.54, 1.807) is 23.5 Å². The van der Waals surface area contributed by atoms with Crippen molar-refractivity contribution in [3.05, 3.63) is 50.7 Å². The van der Waals surface area contributed by atoms with Crippen LogP contribution in [-0.4, -0.2) is 12.0 Å².